The summed E-state index contributed by atoms with van der Waals surface area (Å²) in [6.45, 7) is 13.8. The van der Waals surface area contributed by atoms with Crippen molar-refractivity contribution >= 4 is 86.6 Å². The number of fused-ring (bicyclic) bond motifs is 3. The van der Waals surface area contributed by atoms with E-state index in [2.05, 4.69) is 175 Å². The van der Waals surface area contributed by atoms with Gasteiger partial charge in [-0.3, -0.25) is 0 Å². The van der Waals surface area contributed by atoms with E-state index in [0.29, 0.717) is 0 Å². The van der Waals surface area contributed by atoms with Gasteiger partial charge in [-0.1, -0.05) is 151 Å². The highest BCUT2D eigenvalue weighted by Gasteiger charge is 2.21. The van der Waals surface area contributed by atoms with E-state index in [9.17, 15) is 0 Å². The van der Waals surface area contributed by atoms with E-state index < -0.39 is 0 Å². The zero-order valence-corrected chi connectivity index (χ0v) is 31.1. The van der Waals surface area contributed by atoms with Crippen LogP contribution < -0.4 is 0 Å². The van der Waals surface area contributed by atoms with Crippen LogP contribution in [0.25, 0.3) is 109 Å². The smallest absolute Gasteiger partial charge is 0.136 e. The maximum absolute atomic E-state index is 6.72. The average Bonchev–Trinajstić information content (AvgIpc) is 3.52. The number of hydrogen-bond donors (Lipinski definition) is 0. The largest absolute Gasteiger partial charge is 0.456 e. The molecule has 53 heavy (non-hydrogen) atoms. The molecule has 0 spiro atoms. The lowest BCUT2D eigenvalue weighted by molar-refractivity contribution is 0.591. The first kappa shape index (κ1) is 30.7. The van der Waals surface area contributed by atoms with Gasteiger partial charge in [0, 0.05) is 10.8 Å². The lowest BCUT2D eigenvalue weighted by Gasteiger charge is -2.22. The van der Waals surface area contributed by atoms with Crippen LogP contribution in [0.5, 0.6) is 0 Å². The Morgan fingerprint density at radius 2 is 0.660 bits per heavy atom. The molecule has 0 bridgehead atoms. The lowest BCUT2D eigenvalue weighted by atomic mass is 9.82. The van der Waals surface area contributed by atoms with Gasteiger partial charge in [-0.05, 0) is 133 Å². The van der Waals surface area contributed by atoms with Crippen LogP contribution in [0, 0.1) is 0 Å². The van der Waals surface area contributed by atoms with E-state index in [1.807, 2.05) is 0 Å². The summed E-state index contributed by atoms with van der Waals surface area (Å²) in [5, 5.41) is 18.1. The van der Waals surface area contributed by atoms with Gasteiger partial charge in [0.15, 0.2) is 0 Å². The molecule has 0 amide bonds. The minimum absolute atomic E-state index is 0.0943. The van der Waals surface area contributed by atoms with E-state index in [0.717, 1.165) is 21.9 Å². The molecule has 0 aliphatic rings. The van der Waals surface area contributed by atoms with Crippen molar-refractivity contribution in [3.63, 3.8) is 0 Å². The van der Waals surface area contributed by atoms with Crippen molar-refractivity contribution in [2.24, 2.45) is 0 Å². The van der Waals surface area contributed by atoms with Crippen molar-refractivity contribution < 1.29 is 4.42 Å². The Morgan fingerprint density at radius 3 is 1.06 bits per heavy atom. The highest BCUT2D eigenvalue weighted by molar-refractivity contribution is 6.27. The lowest BCUT2D eigenvalue weighted by Crippen LogP contribution is -2.10. The van der Waals surface area contributed by atoms with E-state index in [-0.39, 0.29) is 10.8 Å². The topological polar surface area (TPSA) is 13.1 Å². The summed E-state index contributed by atoms with van der Waals surface area (Å²) < 4.78 is 6.72. The van der Waals surface area contributed by atoms with Crippen LogP contribution in [-0.2, 0) is 10.8 Å². The van der Waals surface area contributed by atoms with Crippen molar-refractivity contribution in [2.45, 2.75) is 52.4 Å². The van der Waals surface area contributed by atoms with Gasteiger partial charge in [0.05, 0.1) is 0 Å². The molecule has 1 heteroatoms. The third-order valence-electron chi connectivity index (χ3n) is 12.0. The predicted octanol–water partition coefficient (Wildman–Crippen LogP) is 15.3. The summed E-state index contributed by atoms with van der Waals surface area (Å²) in [7, 11) is 0. The van der Waals surface area contributed by atoms with Crippen molar-refractivity contribution in [1.29, 1.82) is 0 Å². The highest BCUT2D eigenvalue weighted by atomic mass is 16.3. The van der Waals surface area contributed by atoms with Gasteiger partial charge in [-0.2, -0.15) is 0 Å². The fourth-order valence-corrected chi connectivity index (χ4v) is 9.12. The second-order valence-electron chi connectivity index (χ2n) is 17.4. The van der Waals surface area contributed by atoms with Gasteiger partial charge in [0.25, 0.3) is 0 Å². The van der Waals surface area contributed by atoms with Crippen LogP contribution in [0.1, 0.15) is 52.7 Å². The molecule has 0 aliphatic carbocycles. The highest BCUT2D eigenvalue weighted by Crippen LogP contribution is 2.44. The van der Waals surface area contributed by atoms with Crippen LogP contribution in [-0.4, -0.2) is 0 Å². The molecule has 11 rings (SSSR count). The molecule has 0 saturated heterocycles. The van der Waals surface area contributed by atoms with Crippen LogP contribution in [0.4, 0.5) is 0 Å². The van der Waals surface area contributed by atoms with Crippen molar-refractivity contribution in [1.82, 2.24) is 0 Å². The minimum Gasteiger partial charge on any atom is -0.456 e. The zero-order chi connectivity index (χ0) is 36.0. The van der Waals surface area contributed by atoms with Gasteiger partial charge in [-0.25, -0.2) is 0 Å². The van der Waals surface area contributed by atoms with Crippen LogP contribution >= 0.6 is 0 Å². The Hall–Kier alpha value is -5.92. The fourth-order valence-electron chi connectivity index (χ4n) is 9.12. The van der Waals surface area contributed by atoms with E-state index in [1.165, 1.54) is 98.0 Å². The summed E-state index contributed by atoms with van der Waals surface area (Å²) in [5.41, 5.74) is 9.58. The third kappa shape index (κ3) is 4.44. The Balaban J connectivity index is 1.04. The predicted molar refractivity (Wildman–Crippen MR) is 229 cm³/mol. The molecular weight excluding hydrogens is 641 g/mol. The van der Waals surface area contributed by atoms with Gasteiger partial charge >= 0.3 is 0 Å². The first-order chi connectivity index (χ1) is 25.5. The zero-order valence-electron chi connectivity index (χ0n) is 31.1. The van der Waals surface area contributed by atoms with Crippen molar-refractivity contribution in [3.05, 3.63) is 145 Å². The first-order valence-electron chi connectivity index (χ1n) is 18.9. The Kier molecular flexibility index (Phi) is 6.00. The van der Waals surface area contributed by atoms with E-state index >= 15 is 0 Å². The third-order valence-corrected chi connectivity index (χ3v) is 12.0. The average molecular weight is 681 g/mol. The van der Waals surface area contributed by atoms with E-state index in [4.69, 9.17) is 4.42 Å². The number of furan rings is 1. The Labute approximate surface area is 309 Å². The molecule has 0 N–H and O–H groups in total. The van der Waals surface area contributed by atoms with Crippen LogP contribution in [0.2, 0.25) is 0 Å². The second kappa shape index (κ2) is 10.4. The maximum Gasteiger partial charge on any atom is 0.136 e. The Bertz CT molecular complexity index is 3030. The molecule has 11 aromatic rings. The molecule has 0 saturated carbocycles. The first-order valence-corrected chi connectivity index (χ1v) is 18.9. The fraction of sp³-hybridized carbons (Fsp3) is 0.154. The Morgan fingerprint density at radius 1 is 0.321 bits per heavy atom. The molecule has 1 nitrogen and oxygen atoms in total. The molecule has 10 aromatic carbocycles. The minimum atomic E-state index is 0.0943. The van der Waals surface area contributed by atoms with Gasteiger partial charge in [0.2, 0.25) is 0 Å². The quantitative estimate of drug-likeness (QED) is 0.166. The van der Waals surface area contributed by atoms with Crippen molar-refractivity contribution in [2.75, 3.05) is 0 Å². The molecule has 0 aliphatic heterocycles. The van der Waals surface area contributed by atoms with Gasteiger partial charge < -0.3 is 4.42 Å². The molecule has 0 unspecified atom stereocenters. The summed E-state index contributed by atoms with van der Waals surface area (Å²) in [5.74, 6) is 0. The molecule has 254 valence electrons. The monoisotopic (exact) mass is 680 g/mol. The number of benzene rings is 10. The molecular formula is C52H40O. The summed E-state index contributed by atoms with van der Waals surface area (Å²) in [4.78, 5) is 0. The van der Waals surface area contributed by atoms with Crippen molar-refractivity contribution in [3.8, 4) is 22.3 Å². The van der Waals surface area contributed by atoms with Gasteiger partial charge in [0.1, 0.15) is 11.2 Å². The van der Waals surface area contributed by atoms with E-state index in [1.54, 1.807) is 0 Å². The number of hydrogen-bond acceptors (Lipinski definition) is 1. The standard InChI is InChI=1S/C52H40O/c1-51(2,3)37-23-33-9-7-29-11-17-39(43-21-15-35(25-37)47(33)49(29)43)31-13-19-41-42-20-14-32(28-46(42)53-45(41)27-31)40-18-12-30-8-10-34-24-38(52(4,5)6)26-36-16-22-44(40)50(30)48(34)36/h7-28H,1-6H3. The van der Waals surface area contributed by atoms with Crippen LogP contribution in [0.3, 0.4) is 0 Å². The summed E-state index contributed by atoms with van der Waals surface area (Å²) in [6, 6.07) is 50.5. The second-order valence-corrected chi connectivity index (χ2v) is 17.4. The SMILES string of the molecule is CC(C)(C)c1cc2ccc3ccc(-c4ccc5c(c4)oc4cc(-c6ccc7ccc8cc(C(C)(C)C)cc9ccc6c7c89)ccc45)c4ccc(c1)c2c34. The molecule has 1 heterocycles. The molecule has 1 aromatic heterocycles. The number of rotatable bonds is 2. The summed E-state index contributed by atoms with van der Waals surface area (Å²) in [6.07, 6.45) is 0. The van der Waals surface area contributed by atoms with Crippen LogP contribution in [0.15, 0.2) is 138 Å². The molecule has 0 radical (unpaired) electrons. The molecule has 0 fully saturated rings. The normalized spacial score (nSPS) is 13.1. The summed E-state index contributed by atoms with van der Waals surface area (Å²) >= 11 is 0. The molecule has 0 atom stereocenters. The maximum atomic E-state index is 6.72. The van der Waals surface area contributed by atoms with Gasteiger partial charge in [-0.15, -0.1) is 0 Å².